The molecule has 0 radical (unpaired) electrons. The zero-order valence-electron chi connectivity index (χ0n) is 23.0. The second-order valence-corrected chi connectivity index (χ2v) is 16.7. The van der Waals surface area contributed by atoms with Crippen molar-refractivity contribution in [3.05, 3.63) is 0 Å². The summed E-state index contributed by atoms with van der Waals surface area (Å²) in [4.78, 5) is 42.0. The first kappa shape index (κ1) is 35.4. The molecule has 5 N–H and O–H groups in total. The van der Waals surface area contributed by atoms with Crippen molar-refractivity contribution in [2.24, 2.45) is 46.3 Å². The molecule has 0 heterocycles. The molecule has 0 amide bonds. The van der Waals surface area contributed by atoms with Crippen molar-refractivity contribution in [1.29, 1.82) is 0 Å². The van der Waals surface area contributed by atoms with E-state index < -0.39 is 32.8 Å². The fourth-order valence-electron chi connectivity index (χ4n) is 9.24. The molecule has 4 aliphatic carbocycles. The number of aliphatic hydroxyl groups excluding tert-OH is 2. The van der Waals surface area contributed by atoms with Crippen LogP contribution in [0.4, 0.5) is 0 Å². The first-order valence-electron chi connectivity index (χ1n) is 13.1. The molecule has 0 aromatic heterocycles. The Morgan fingerprint density at radius 2 is 1.46 bits per heavy atom. The summed E-state index contributed by atoms with van der Waals surface area (Å²) >= 11 is 0. The summed E-state index contributed by atoms with van der Waals surface area (Å²) in [5, 5.41) is 28.2. The summed E-state index contributed by atoms with van der Waals surface area (Å²) < 4.78 is 23.3. The van der Waals surface area contributed by atoms with E-state index in [-0.39, 0.29) is 100 Å². The van der Waals surface area contributed by atoms with E-state index in [1.807, 2.05) is 6.92 Å². The van der Waals surface area contributed by atoms with E-state index in [1.54, 1.807) is 0 Å². The van der Waals surface area contributed by atoms with Crippen molar-refractivity contribution in [3.8, 4) is 0 Å². The summed E-state index contributed by atoms with van der Waals surface area (Å²) in [6.45, 7) is 6.48. The summed E-state index contributed by atoms with van der Waals surface area (Å²) in [7, 11) is -11.5. The second-order valence-electron chi connectivity index (χ2n) is 12.8. The third-order valence-electron chi connectivity index (χ3n) is 11.3. The minimum atomic E-state index is -5.77. The molecule has 0 aromatic rings. The van der Waals surface area contributed by atoms with Gasteiger partial charge in [0.1, 0.15) is 0 Å². The van der Waals surface area contributed by atoms with Crippen molar-refractivity contribution in [1.82, 2.24) is 0 Å². The van der Waals surface area contributed by atoms with Crippen LogP contribution in [-0.2, 0) is 9.13 Å². The maximum atomic E-state index is 11.6. The van der Waals surface area contributed by atoms with Crippen LogP contribution in [0.1, 0.15) is 85.0 Å². The van der Waals surface area contributed by atoms with Crippen molar-refractivity contribution in [2.45, 2.75) is 102 Å². The molecule has 9 nitrogen and oxygen atoms in total. The number of rotatable bonds is 6. The van der Waals surface area contributed by atoms with Crippen LogP contribution in [0.3, 0.4) is 0 Å². The zero-order chi connectivity index (χ0) is 26.2. The fraction of sp³-hybridized carbons (Fsp3) is 1.00. The van der Waals surface area contributed by atoms with Crippen LogP contribution in [-0.4, -0.2) is 42.4 Å². The molecule has 0 spiro atoms. The Labute approximate surface area is 264 Å². The van der Waals surface area contributed by atoms with Gasteiger partial charge in [-0.05, 0) is 111 Å². The van der Waals surface area contributed by atoms with Gasteiger partial charge in [-0.25, -0.2) is 0 Å². The van der Waals surface area contributed by atoms with Gasteiger partial charge in [0.25, 0.3) is 0 Å². The maximum Gasteiger partial charge on any atom is 1.00 e. The fourth-order valence-corrected chi connectivity index (χ4v) is 11.3. The second kappa shape index (κ2) is 12.1. The predicted octanol–water partition coefficient (Wildman–Crippen LogP) is -3.86. The van der Waals surface area contributed by atoms with Crippen LogP contribution in [0.25, 0.3) is 0 Å². The van der Waals surface area contributed by atoms with Crippen molar-refractivity contribution < 1.29 is 103 Å². The van der Waals surface area contributed by atoms with E-state index in [2.05, 4.69) is 13.8 Å². The Bertz CT molecular complexity index is 891. The van der Waals surface area contributed by atoms with Gasteiger partial charge in [-0.1, -0.05) is 20.8 Å². The average Bonchev–Trinajstić information content (AvgIpc) is 3.08. The molecule has 4 saturated carbocycles. The topological polar surface area (TPSA) is 181 Å². The molecule has 37 heavy (non-hydrogen) atoms. The molecular weight excluding hydrogens is 540 g/mol. The van der Waals surface area contributed by atoms with Crippen LogP contribution in [0, 0.1) is 46.3 Å². The van der Waals surface area contributed by atoms with Gasteiger partial charge in [-0.3, -0.25) is 0 Å². The van der Waals surface area contributed by atoms with E-state index in [0.717, 1.165) is 44.9 Å². The standard InChI is InChI=1S/C24H44O9P2.2Na/c1-14(6-11-24(27,34(28,29)30)35(31,32)33)17-4-5-18-21-19(8-10-23(17,18)3)22(2)9-7-16(25)12-15(22)13-20(21)26;;/h14-21,25-27H,4-13H2,1-3H3,(H2,28,29,30)(H2,31,32,33);;/q;2*+1/p-2/t14-,15+,16-,17-,18+,19+,20+,21+,22+,23-;;/m1../s1. The molecule has 0 aliphatic heterocycles. The molecule has 12 atom stereocenters. The van der Waals surface area contributed by atoms with Crippen molar-refractivity contribution in [3.63, 3.8) is 0 Å². The molecule has 0 aromatic carbocycles. The van der Waals surface area contributed by atoms with Crippen LogP contribution in [0.15, 0.2) is 0 Å². The Hall–Kier alpha value is 2.18. The molecule has 13 heteroatoms. The van der Waals surface area contributed by atoms with Gasteiger partial charge in [-0.15, -0.1) is 0 Å². The summed E-state index contributed by atoms with van der Waals surface area (Å²) in [5.74, 6) is 1.15. The minimum absolute atomic E-state index is 0. The Morgan fingerprint density at radius 3 is 2.03 bits per heavy atom. The van der Waals surface area contributed by atoms with Crippen LogP contribution in [0.2, 0.25) is 0 Å². The predicted molar refractivity (Wildman–Crippen MR) is 126 cm³/mol. The first-order valence-corrected chi connectivity index (χ1v) is 16.3. The van der Waals surface area contributed by atoms with E-state index in [1.165, 1.54) is 0 Å². The van der Waals surface area contributed by atoms with Gasteiger partial charge < -0.3 is 44.0 Å². The zero-order valence-corrected chi connectivity index (χ0v) is 28.7. The smallest absolute Gasteiger partial charge is 0.776 e. The van der Waals surface area contributed by atoms with Gasteiger partial charge in [-0.2, -0.15) is 0 Å². The van der Waals surface area contributed by atoms with Gasteiger partial charge >= 0.3 is 59.1 Å². The van der Waals surface area contributed by atoms with Crippen LogP contribution < -0.4 is 68.9 Å². The van der Waals surface area contributed by atoms with Crippen LogP contribution in [0.5, 0.6) is 0 Å². The Balaban J connectivity index is 0.00000241. The Kier molecular flexibility index (Phi) is 11.5. The van der Waals surface area contributed by atoms with Gasteiger partial charge in [0.2, 0.25) is 0 Å². The quantitative estimate of drug-likeness (QED) is 0.155. The van der Waals surface area contributed by atoms with Gasteiger partial charge in [0.15, 0.2) is 20.3 Å². The third-order valence-corrected chi connectivity index (χ3v) is 15.0. The summed E-state index contributed by atoms with van der Waals surface area (Å²) in [5.41, 5.74) is -0.00468. The molecule has 0 bridgehead atoms. The summed E-state index contributed by atoms with van der Waals surface area (Å²) in [6, 6.07) is 0. The average molecular weight is 583 g/mol. The summed E-state index contributed by atoms with van der Waals surface area (Å²) in [6.07, 6.45) is 5.47. The van der Waals surface area contributed by atoms with E-state index in [9.17, 15) is 44.0 Å². The van der Waals surface area contributed by atoms with E-state index in [0.29, 0.717) is 24.2 Å². The van der Waals surface area contributed by atoms with Crippen molar-refractivity contribution >= 4 is 15.2 Å². The van der Waals surface area contributed by atoms with Crippen LogP contribution >= 0.6 is 15.2 Å². The van der Waals surface area contributed by atoms with E-state index >= 15 is 0 Å². The number of hydrogen-bond acceptors (Lipinski definition) is 7. The number of fused-ring (bicyclic) bond motifs is 5. The maximum absolute atomic E-state index is 11.6. The van der Waals surface area contributed by atoms with Crippen molar-refractivity contribution in [2.75, 3.05) is 0 Å². The molecule has 4 rings (SSSR count). The normalized spacial score (nSPS) is 46.8. The largest absolute Gasteiger partial charge is 1.00 e. The van der Waals surface area contributed by atoms with E-state index in [4.69, 9.17) is 0 Å². The first-order chi connectivity index (χ1) is 16.0. The molecule has 2 unspecified atom stereocenters. The number of hydrogen-bond donors (Lipinski definition) is 5. The third kappa shape index (κ3) is 6.01. The van der Waals surface area contributed by atoms with Gasteiger partial charge in [0, 0.05) is 0 Å². The molecule has 4 aliphatic rings. The minimum Gasteiger partial charge on any atom is -0.776 e. The molecular formula is C24H42Na2O9P2. The SMILES string of the molecule is C[C@H](CCC(O)(P(=O)([O-])O)P(=O)([O-])O)[C@H]1CC[C@H]2[C@@H]3[C@@H](O)C[C@@H]4C[C@H](O)CC[C@]4(C)[C@H]3CC[C@]12C.[Na+].[Na+]. The number of aliphatic hydroxyl groups is 3. The van der Waals surface area contributed by atoms with Gasteiger partial charge in [0.05, 0.1) is 12.2 Å². The molecule has 0 saturated heterocycles. The Morgan fingerprint density at radius 1 is 0.919 bits per heavy atom. The molecule has 4 fully saturated rings. The molecule has 204 valence electrons. The monoisotopic (exact) mass is 582 g/mol.